The minimum absolute atomic E-state index is 0.0287. The molecule has 0 aliphatic rings. The molecular formula is C32H42ClN3O8. The third-order valence-corrected chi connectivity index (χ3v) is 6.39. The topological polar surface area (TPSA) is 149 Å². The highest BCUT2D eigenvalue weighted by Gasteiger charge is 2.28. The smallest absolute Gasteiger partial charge is 0.408 e. The van der Waals surface area contributed by atoms with E-state index < -0.39 is 47.5 Å². The second-order valence-electron chi connectivity index (χ2n) is 11.0. The van der Waals surface area contributed by atoms with E-state index in [0.29, 0.717) is 12.8 Å². The lowest BCUT2D eigenvalue weighted by molar-refractivity contribution is -0.145. The normalized spacial score (nSPS) is 12.3. The number of Topliss-reactive ketones (excluding diaryl/α,β-unsaturated/α-hetero) is 1. The standard InChI is InChI=1S/C32H42ClN3O8/c1-32(2,3)44-31(41)36-26(16-10-11-19-34-30(40)43-22-24-14-8-5-9-15-24)29(39)35-25(27(37)20-33)17-18-28(38)42-21-23-12-6-4-7-13-23/h4-9,12-15,25-26H,10-11,16-22H2,1-3H3,(H,34,40)(H,35,39)(H,36,41)/t25-,26-/m0/s1. The maximum Gasteiger partial charge on any atom is 0.408 e. The van der Waals surface area contributed by atoms with Crippen LogP contribution in [-0.2, 0) is 41.8 Å². The molecular weight excluding hydrogens is 590 g/mol. The highest BCUT2D eigenvalue weighted by molar-refractivity contribution is 6.28. The number of esters is 1. The molecule has 0 saturated heterocycles. The Morgan fingerprint density at radius 2 is 1.34 bits per heavy atom. The molecule has 3 N–H and O–H groups in total. The van der Waals surface area contributed by atoms with E-state index in [1.54, 1.807) is 20.8 Å². The average molecular weight is 632 g/mol. The Bertz CT molecular complexity index is 1200. The van der Waals surface area contributed by atoms with Gasteiger partial charge in [-0.3, -0.25) is 14.4 Å². The third kappa shape index (κ3) is 15.4. The minimum Gasteiger partial charge on any atom is -0.461 e. The zero-order valence-electron chi connectivity index (χ0n) is 25.4. The number of ketones is 1. The summed E-state index contributed by atoms with van der Waals surface area (Å²) in [5.41, 5.74) is 0.879. The molecule has 12 heteroatoms. The average Bonchev–Trinajstić information content (AvgIpc) is 2.99. The molecule has 11 nitrogen and oxygen atoms in total. The minimum atomic E-state index is -1.06. The van der Waals surface area contributed by atoms with E-state index in [9.17, 15) is 24.0 Å². The lowest BCUT2D eigenvalue weighted by atomic mass is 10.0. The number of alkyl halides is 1. The Labute approximate surface area is 263 Å². The zero-order chi connectivity index (χ0) is 32.4. The van der Waals surface area contributed by atoms with Crippen LogP contribution in [-0.4, -0.2) is 60.0 Å². The van der Waals surface area contributed by atoms with Crippen molar-refractivity contribution < 1.29 is 38.2 Å². The first-order chi connectivity index (χ1) is 21.0. The van der Waals surface area contributed by atoms with E-state index >= 15 is 0 Å². The molecule has 0 aliphatic carbocycles. The molecule has 240 valence electrons. The molecule has 2 aromatic rings. The third-order valence-electron chi connectivity index (χ3n) is 6.13. The second-order valence-corrected chi connectivity index (χ2v) is 11.3. The number of carbonyl (C=O) groups is 5. The Morgan fingerprint density at radius 1 is 0.750 bits per heavy atom. The number of hydrogen-bond donors (Lipinski definition) is 3. The number of rotatable bonds is 17. The summed E-state index contributed by atoms with van der Waals surface area (Å²) in [7, 11) is 0. The molecule has 0 saturated carbocycles. The van der Waals surface area contributed by atoms with Crippen LogP contribution in [0.25, 0.3) is 0 Å². The van der Waals surface area contributed by atoms with Crippen molar-refractivity contribution in [1.29, 1.82) is 0 Å². The van der Waals surface area contributed by atoms with Gasteiger partial charge in [-0.05, 0) is 57.6 Å². The monoisotopic (exact) mass is 631 g/mol. The van der Waals surface area contributed by atoms with Crippen LogP contribution in [0.5, 0.6) is 0 Å². The predicted octanol–water partition coefficient (Wildman–Crippen LogP) is 4.79. The molecule has 44 heavy (non-hydrogen) atoms. The summed E-state index contributed by atoms with van der Waals surface area (Å²) < 4.78 is 15.8. The highest BCUT2D eigenvalue weighted by Crippen LogP contribution is 2.11. The van der Waals surface area contributed by atoms with Gasteiger partial charge in [-0.2, -0.15) is 0 Å². The van der Waals surface area contributed by atoms with Crippen LogP contribution in [0.3, 0.4) is 0 Å². The van der Waals surface area contributed by atoms with Crippen molar-refractivity contribution in [2.75, 3.05) is 12.4 Å². The Balaban J connectivity index is 1.89. The quantitative estimate of drug-likeness (QED) is 0.0976. The van der Waals surface area contributed by atoms with Crippen LogP contribution >= 0.6 is 11.6 Å². The summed E-state index contributed by atoms with van der Waals surface area (Å²) in [5, 5.41) is 7.83. The fraction of sp³-hybridized carbons (Fsp3) is 0.469. The first-order valence-corrected chi connectivity index (χ1v) is 15.0. The summed E-state index contributed by atoms with van der Waals surface area (Å²) in [4.78, 5) is 62.5. The molecule has 0 bridgehead atoms. The van der Waals surface area contributed by atoms with Gasteiger partial charge in [0.15, 0.2) is 5.78 Å². The van der Waals surface area contributed by atoms with Crippen LogP contribution < -0.4 is 16.0 Å². The number of ether oxygens (including phenoxy) is 3. The SMILES string of the molecule is CC(C)(C)OC(=O)N[C@@H](CCCCNC(=O)OCc1ccccc1)C(=O)N[C@@H](CCC(=O)OCc1ccccc1)C(=O)CCl. The van der Waals surface area contributed by atoms with Gasteiger partial charge >= 0.3 is 18.2 Å². The van der Waals surface area contributed by atoms with Gasteiger partial charge in [-0.1, -0.05) is 60.7 Å². The summed E-state index contributed by atoms with van der Waals surface area (Å²) in [6, 6.07) is 16.3. The molecule has 2 atom stereocenters. The van der Waals surface area contributed by atoms with Crippen molar-refractivity contribution >= 4 is 41.4 Å². The predicted molar refractivity (Wildman–Crippen MR) is 165 cm³/mol. The Kier molecular flexibility index (Phi) is 15.8. The molecule has 0 aromatic heterocycles. The molecule has 3 amide bonds. The Morgan fingerprint density at radius 3 is 1.91 bits per heavy atom. The first-order valence-electron chi connectivity index (χ1n) is 14.5. The van der Waals surface area contributed by atoms with Crippen LogP contribution in [0.15, 0.2) is 60.7 Å². The van der Waals surface area contributed by atoms with Crippen molar-refractivity contribution in [2.45, 2.75) is 83.8 Å². The van der Waals surface area contributed by atoms with Gasteiger partial charge in [0.05, 0.1) is 11.9 Å². The van der Waals surface area contributed by atoms with E-state index in [2.05, 4.69) is 16.0 Å². The summed E-state index contributed by atoms with van der Waals surface area (Å²) in [6.45, 7) is 5.58. The van der Waals surface area contributed by atoms with Gasteiger partial charge in [-0.25, -0.2) is 9.59 Å². The van der Waals surface area contributed by atoms with Gasteiger partial charge < -0.3 is 30.2 Å². The van der Waals surface area contributed by atoms with Crippen molar-refractivity contribution in [2.24, 2.45) is 0 Å². The van der Waals surface area contributed by atoms with Crippen LogP contribution in [0.2, 0.25) is 0 Å². The van der Waals surface area contributed by atoms with Crippen LogP contribution in [0.1, 0.15) is 64.0 Å². The maximum absolute atomic E-state index is 13.2. The van der Waals surface area contributed by atoms with Crippen LogP contribution in [0.4, 0.5) is 9.59 Å². The molecule has 0 heterocycles. The lowest BCUT2D eigenvalue weighted by Crippen LogP contribution is -2.52. The number of nitrogens with one attached hydrogen (secondary N) is 3. The largest absolute Gasteiger partial charge is 0.461 e. The molecule has 2 rings (SSSR count). The summed E-state index contributed by atoms with van der Waals surface area (Å²) >= 11 is 5.77. The van der Waals surface area contributed by atoms with Gasteiger partial charge in [-0.15, -0.1) is 11.6 Å². The van der Waals surface area contributed by atoms with Crippen molar-refractivity contribution in [3.8, 4) is 0 Å². The highest BCUT2D eigenvalue weighted by atomic mass is 35.5. The number of alkyl carbamates (subject to hydrolysis) is 2. The molecule has 2 aromatic carbocycles. The number of amides is 3. The fourth-order valence-electron chi connectivity index (χ4n) is 3.91. The molecule has 0 fully saturated rings. The van der Waals surface area contributed by atoms with E-state index in [0.717, 1.165) is 11.1 Å². The summed E-state index contributed by atoms with van der Waals surface area (Å²) in [6.07, 6.45) is -0.420. The molecule has 0 aliphatic heterocycles. The number of halogens is 1. The van der Waals surface area contributed by atoms with Gasteiger partial charge in [0, 0.05) is 13.0 Å². The molecule has 0 radical (unpaired) electrons. The second kappa shape index (κ2) is 19.2. The van der Waals surface area contributed by atoms with Crippen LogP contribution in [0, 0.1) is 0 Å². The lowest BCUT2D eigenvalue weighted by Gasteiger charge is -2.25. The van der Waals surface area contributed by atoms with Gasteiger partial charge in [0.2, 0.25) is 5.91 Å². The maximum atomic E-state index is 13.2. The van der Waals surface area contributed by atoms with Crippen molar-refractivity contribution in [3.63, 3.8) is 0 Å². The molecule has 0 spiro atoms. The number of benzene rings is 2. The van der Waals surface area contributed by atoms with Gasteiger partial charge in [0.1, 0.15) is 24.9 Å². The number of carbonyl (C=O) groups excluding carboxylic acids is 5. The Hall–Kier alpha value is -4.12. The number of hydrogen-bond acceptors (Lipinski definition) is 8. The van der Waals surface area contributed by atoms with Gasteiger partial charge in [0.25, 0.3) is 0 Å². The van der Waals surface area contributed by atoms with E-state index in [4.69, 9.17) is 25.8 Å². The molecule has 0 unspecified atom stereocenters. The zero-order valence-corrected chi connectivity index (χ0v) is 26.2. The fourth-order valence-corrected chi connectivity index (χ4v) is 4.09. The van der Waals surface area contributed by atoms with Crippen molar-refractivity contribution in [3.05, 3.63) is 71.8 Å². The van der Waals surface area contributed by atoms with Crippen molar-refractivity contribution in [1.82, 2.24) is 16.0 Å². The van der Waals surface area contributed by atoms with E-state index in [1.807, 2.05) is 60.7 Å². The number of unbranched alkanes of at least 4 members (excludes halogenated alkanes) is 1. The first kappa shape index (κ1) is 36.1. The van der Waals surface area contributed by atoms with E-state index in [1.165, 1.54) is 0 Å². The summed E-state index contributed by atoms with van der Waals surface area (Å²) in [5.74, 6) is -2.02. The van der Waals surface area contributed by atoms with E-state index in [-0.39, 0.29) is 44.9 Å².